The molecule has 17 heavy (non-hydrogen) atoms. The van der Waals surface area contributed by atoms with Crippen LogP contribution in [0.5, 0.6) is 0 Å². The van der Waals surface area contributed by atoms with Crippen LogP contribution in [0.3, 0.4) is 0 Å². The molecule has 0 aliphatic heterocycles. The topological polar surface area (TPSA) is 24.7 Å². The number of benzene rings is 1. The second-order valence-electron chi connectivity index (χ2n) is 5.31. The lowest BCUT2D eigenvalue weighted by Crippen LogP contribution is -2.26. The van der Waals surface area contributed by atoms with Crippen LogP contribution in [-0.4, -0.2) is 5.54 Å². The van der Waals surface area contributed by atoms with Crippen LogP contribution in [0.4, 0.5) is 5.69 Å². The molecule has 0 bridgehead atoms. The van der Waals surface area contributed by atoms with Gasteiger partial charge in [0, 0.05) is 3.57 Å². The first kappa shape index (κ1) is 13.0. The first-order chi connectivity index (χ1) is 8.08. The molecular formula is C14H19IN2. The minimum atomic E-state index is -0.0144. The van der Waals surface area contributed by atoms with Crippen LogP contribution >= 0.6 is 22.6 Å². The van der Waals surface area contributed by atoms with Crippen LogP contribution in [0.15, 0.2) is 34.5 Å². The predicted molar refractivity (Wildman–Crippen MR) is 79.7 cm³/mol. The van der Waals surface area contributed by atoms with Gasteiger partial charge in [0.15, 0.2) is 0 Å². The Morgan fingerprint density at radius 1 is 1.12 bits per heavy atom. The van der Waals surface area contributed by atoms with E-state index in [1.807, 2.05) is 12.1 Å². The predicted octanol–water partition coefficient (Wildman–Crippen LogP) is 5.34. The zero-order valence-corrected chi connectivity index (χ0v) is 12.6. The quantitative estimate of drug-likeness (QED) is 0.523. The summed E-state index contributed by atoms with van der Waals surface area (Å²) in [7, 11) is 0. The van der Waals surface area contributed by atoms with Gasteiger partial charge in [0.1, 0.15) is 0 Å². The molecular weight excluding hydrogens is 323 g/mol. The maximum Gasteiger partial charge on any atom is 0.0853 e. The molecule has 1 aliphatic rings. The molecule has 0 atom stereocenters. The van der Waals surface area contributed by atoms with E-state index in [1.165, 1.54) is 29.3 Å². The Kier molecular flexibility index (Phi) is 4.17. The van der Waals surface area contributed by atoms with Gasteiger partial charge in [-0.15, -0.1) is 0 Å². The van der Waals surface area contributed by atoms with Crippen molar-refractivity contribution >= 4 is 28.3 Å². The Labute approximate surface area is 117 Å². The maximum atomic E-state index is 4.56. The normalized spacial score (nSPS) is 18.1. The fourth-order valence-corrected chi connectivity index (χ4v) is 2.77. The van der Waals surface area contributed by atoms with E-state index in [1.54, 1.807) is 0 Å². The lowest BCUT2D eigenvalue weighted by atomic mass is 9.87. The van der Waals surface area contributed by atoms with Crippen LogP contribution in [0, 0.1) is 9.49 Å². The zero-order valence-electron chi connectivity index (χ0n) is 10.5. The summed E-state index contributed by atoms with van der Waals surface area (Å²) >= 11 is 2.30. The van der Waals surface area contributed by atoms with E-state index in [0.717, 1.165) is 5.69 Å². The summed E-state index contributed by atoms with van der Waals surface area (Å²) in [6, 6.07) is 8.18. The standard InChI is InChI=1S/C14H19IN2/c1-14(2,11-5-3-4-6-11)17-16-13-9-7-12(15)8-10-13/h7-11H,3-6H2,1-2H3/b17-16+. The van der Waals surface area contributed by atoms with Crippen molar-refractivity contribution in [2.24, 2.45) is 16.1 Å². The van der Waals surface area contributed by atoms with E-state index in [9.17, 15) is 0 Å². The number of hydrogen-bond acceptors (Lipinski definition) is 2. The Balaban J connectivity index is 2.05. The molecule has 0 spiro atoms. The first-order valence-electron chi connectivity index (χ1n) is 6.26. The summed E-state index contributed by atoms with van der Waals surface area (Å²) in [4.78, 5) is 0. The van der Waals surface area contributed by atoms with Gasteiger partial charge in [0.2, 0.25) is 0 Å². The van der Waals surface area contributed by atoms with Crippen molar-refractivity contribution in [1.82, 2.24) is 0 Å². The molecule has 92 valence electrons. The Morgan fingerprint density at radius 3 is 2.29 bits per heavy atom. The molecule has 0 aromatic heterocycles. The van der Waals surface area contributed by atoms with E-state index < -0.39 is 0 Å². The number of halogens is 1. The van der Waals surface area contributed by atoms with E-state index in [2.05, 4.69) is 58.8 Å². The summed E-state index contributed by atoms with van der Waals surface area (Å²) in [5.41, 5.74) is 0.941. The SMILES string of the molecule is CC(C)(/N=N/c1ccc(I)cc1)C1CCCC1. The molecule has 1 fully saturated rings. The molecule has 0 saturated heterocycles. The summed E-state index contributed by atoms with van der Waals surface area (Å²) in [6.45, 7) is 4.42. The Bertz CT molecular complexity index is 389. The average molecular weight is 342 g/mol. The van der Waals surface area contributed by atoms with E-state index in [0.29, 0.717) is 5.92 Å². The maximum absolute atomic E-state index is 4.56. The molecule has 0 heterocycles. The average Bonchev–Trinajstić information content (AvgIpc) is 2.82. The highest BCUT2D eigenvalue weighted by atomic mass is 127. The van der Waals surface area contributed by atoms with Gasteiger partial charge in [-0.05, 0) is 79.5 Å². The number of nitrogens with zero attached hydrogens (tertiary/aromatic N) is 2. The van der Waals surface area contributed by atoms with Crippen LogP contribution in [0.1, 0.15) is 39.5 Å². The van der Waals surface area contributed by atoms with E-state index in [-0.39, 0.29) is 5.54 Å². The number of hydrogen-bond donors (Lipinski definition) is 0. The second kappa shape index (κ2) is 5.46. The lowest BCUT2D eigenvalue weighted by Gasteiger charge is -2.25. The summed E-state index contributed by atoms with van der Waals surface area (Å²) in [5.74, 6) is 0.704. The molecule has 1 aromatic carbocycles. The molecule has 0 N–H and O–H groups in total. The zero-order chi connectivity index (χ0) is 12.3. The number of rotatable bonds is 3. The molecule has 1 saturated carbocycles. The lowest BCUT2D eigenvalue weighted by molar-refractivity contribution is 0.318. The van der Waals surface area contributed by atoms with Crippen molar-refractivity contribution in [1.29, 1.82) is 0 Å². The summed E-state index contributed by atoms with van der Waals surface area (Å²) in [5, 5.41) is 8.95. The van der Waals surface area contributed by atoms with Crippen molar-refractivity contribution in [3.05, 3.63) is 27.8 Å². The smallest absolute Gasteiger partial charge is 0.0853 e. The number of azo groups is 1. The van der Waals surface area contributed by atoms with Crippen molar-refractivity contribution in [2.45, 2.75) is 45.1 Å². The monoisotopic (exact) mass is 342 g/mol. The third-order valence-electron chi connectivity index (χ3n) is 3.60. The highest BCUT2D eigenvalue weighted by Crippen LogP contribution is 2.36. The van der Waals surface area contributed by atoms with Gasteiger partial charge < -0.3 is 0 Å². The van der Waals surface area contributed by atoms with Gasteiger partial charge in [0.25, 0.3) is 0 Å². The third-order valence-corrected chi connectivity index (χ3v) is 4.32. The van der Waals surface area contributed by atoms with Crippen molar-refractivity contribution < 1.29 is 0 Å². The molecule has 2 nitrogen and oxygen atoms in total. The Hall–Kier alpha value is -0.450. The third kappa shape index (κ3) is 3.50. The fourth-order valence-electron chi connectivity index (χ4n) is 2.41. The summed E-state index contributed by atoms with van der Waals surface area (Å²) in [6.07, 6.45) is 5.32. The van der Waals surface area contributed by atoms with Crippen LogP contribution in [0.2, 0.25) is 0 Å². The van der Waals surface area contributed by atoms with E-state index in [4.69, 9.17) is 0 Å². The van der Waals surface area contributed by atoms with Gasteiger partial charge >= 0.3 is 0 Å². The van der Waals surface area contributed by atoms with Crippen LogP contribution in [0.25, 0.3) is 0 Å². The van der Waals surface area contributed by atoms with Gasteiger partial charge in [-0.3, -0.25) is 0 Å². The van der Waals surface area contributed by atoms with Crippen molar-refractivity contribution in [2.75, 3.05) is 0 Å². The minimum absolute atomic E-state index is 0.0144. The van der Waals surface area contributed by atoms with Gasteiger partial charge in [-0.2, -0.15) is 10.2 Å². The highest BCUT2D eigenvalue weighted by molar-refractivity contribution is 14.1. The summed E-state index contributed by atoms with van der Waals surface area (Å²) < 4.78 is 1.23. The largest absolute Gasteiger partial charge is 0.182 e. The molecule has 0 unspecified atom stereocenters. The first-order valence-corrected chi connectivity index (χ1v) is 7.34. The second-order valence-corrected chi connectivity index (χ2v) is 6.56. The molecule has 1 aliphatic carbocycles. The van der Waals surface area contributed by atoms with Gasteiger partial charge in [-0.25, -0.2) is 0 Å². The molecule has 2 rings (SSSR count). The van der Waals surface area contributed by atoms with Gasteiger partial charge in [0.05, 0.1) is 11.2 Å². The van der Waals surface area contributed by atoms with Crippen LogP contribution in [-0.2, 0) is 0 Å². The fraction of sp³-hybridized carbons (Fsp3) is 0.571. The van der Waals surface area contributed by atoms with Gasteiger partial charge in [-0.1, -0.05) is 12.8 Å². The van der Waals surface area contributed by atoms with Crippen molar-refractivity contribution in [3.63, 3.8) is 0 Å². The van der Waals surface area contributed by atoms with Crippen molar-refractivity contribution in [3.8, 4) is 0 Å². The molecule has 3 heteroatoms. The minimum Gasteiger partial charge on any atom is -0.182 e. The van der Waals surface area contributed by atoms with Crippen LogP contribution < -0.4 is 0 Å². The highest BCUT2D eigenvalue weighted by Gasteiger charge is 2.31. The Morgan fingerprint density at radius 2 is 1.71 bits per heavy atom. The molecule has 1 aromatic rings. The van der Waals surface area contributed by atoms with E-state index >= 15 is 0 Å². The molecule has 0 amide bonds. The molecule has 0 radical (unpaired) electrons.